The van der Waals surface area contributed by atoms with Crippen LogP contribution in [0.4, 0.5) is 0 Å². The van der Waals surface area contributed by atoms with Crippen LogP contribution in [0.3, 0.4) is 0 Å². The van der Waals surface area contributed by atoms with Crippen molar-refractivity contribution in [3.8, 4) is 0 Å². The number of halogens is 1. The number of carbonyl (C=O) groups excluding carboxylic acids is 1. The SMILES string of the molecule is CN(C)S(=O)(=O)c1ccc(Cl)c(C(=O)N2CCC(c3nc4ccccc4o3)CC2)c1. The number of amides is 1. The van der Waals surface area contributed by atoms with E-state index in [1.165, 1.54) is 32.3 Å². The minimum atomic E-state index is -3.65. The first-order chi connectivity index (χ1) is 14.3. The van der Waals surface area contributed by atoms with E-state index in [1.54, 1.807) is 4.90 Å². The molecule has 1 aliphatic heterocycles. The van der Waals surface area contributed by atoms with Crippen molar-refractivity contribution in [3.05, 3.63) is 58.9 Å². The molecule has 30 heavy (non-hydrogen) atoms. The number of aromatic nitrogens is 1. The average molecular weight is 448 g/mol. The van der Waals surface area contributed by atoms with Gasteiger partial charge in [0.25, 0.3) is 5.91 Å². The number of likely N-dealkylation sites (tertiary alicyclic amines) is 1. The quantitative estimate of drug-likeness (QED) is 0.608. The normalized spacial score (nSPS) is 15.8. The minimum absolute atomic E-state index is 0.0432. The fraction of sp³-hybridized carbons (Fsp3) is 0.333. The fourth-order valence-corrected chi connectivity index (χ4v) is 4.73. The van der Waals surface area contributed by atoms with Gasteiger partial charge in [-0.05, 0) is 43.2 Å². The monoisotopic (exact) mass is 447 g/mol. The fourth-order valence-electron chi connectivity index (χ4n) is 3.60. The maximum Gasteiger partial charge on any atom is 0.255 e. The van der Waals surface area contributed by atoms with Crippen LogP contribution >= 0.6 is 11.6 Å². The van der Waals surface area contributed by atoms with Crippen molar-refractivity contribution < 1.29 is 17.6 Å². The summed E-state index contributed by atoms with van der Waals surface area (Å²) < 4.78 is 31.8. The number of benzene rings is 2. The van der Waals surface area contributed by atoms with Gasteiger partial charge in [-0.1, -0.05) is 23.7 Å². The van der Waals surface area contributed by atoms with E-state index in [0.717, 1.165) is 15.4 Å². The lowest BCUT2D eigenvalue weighted by Gasteiger charge is -2.31. The van der Waals surface area contributed by atoms with Crippen molar-refractivity contribution >= 4 is 38.6 Å². The number of hydrogen-bond acceptors (Lipinski definition) is 5. The van der Waals surface area contributed by atoms with Crippen molar-refractivity contribution in [2.24, 2.45) is 0 Å². The van der Waals surface area contributed by atoms with Crippen LogP contribution in [0.2, 0.25) is 5.02 Å². The van der Waals surface area contributed by atoms with Crippen molar-refractivity contribution in [2.75, 3.05) is 27.2 Å². The van der Waals surface area contributed by atoms with Crippen molar-refractivity contribution in [1.29, 1.82) is 0 Å². The highest BCUT2D eigenvalue weighted by Gasteiger charge is 2.29. The Hall–Kier alpha value is -2.42. The Kier molecular flexibility index (Phi) is 5.57. The number of sulfonamides is 1. The lowest BCUT2D eigenvalue weighted by atomic mass is 9.96. The molecule has 0 unspecified atom stereocenters. The maximum absolute atomic E-state index is 13.0. The molecule has 0 aliphatic carbocycles. The third kappa shape index (κ3) is 3.82. The van der Waals surface area contributed by atoms with Crippen LogP contribution in [0, 0.1) is 0 Å². The molecule has 158 valence electrons. The number of rotatable bonds is 4. The Morgan fingerprint density at radius 3 is 2.53 bits per heavy atom. The number of carbonyl (C=O) groups is 1. The smallest absolute Gasteiger partial charge is 0.255 e. The predicted molar refractivity (Wildman–Crippen MR) is 114 cm³/mol. The number of piperidine rings is 1. The Labute approximate surface area is 180 Å². The molecule has 1 amide bonds. The molecule has 0 atom stereocenters. The number of para-hydroxylation sites is 2. The third-order valence-corrected chi connectivity index (χ3v) is 7.53. The summed E-state index contributed by atoms with van der Waals surface area (Å²) in [5.74, 6) is 0.560. The van der Waals surface area contributed by atoms with E-state index in [9.17, 15) is 13.2 Å². The highest BCUT2D eigenvalue weighted by molar-refractivity contribution is 7.89. The summed E-state index contributed by atoms with van der Waals surface area (Å²) in [6.07, 6.45) is 1.43. The number of nitrogens with zero attached hydrogens (tertiary/aromatic N) is 3. The molecule has 0 saturated carbocycles. The van der Waals surface area contributed by atoms with E-state index in [0.29, 0.717) is 31.8 Å². The topological polar surface area (TPSA) is 83.7 Å². The van der Waals surface area contributed by atoms with Crippen molar-refractivity contribution in [3.63, 3.8) is 0 Å². The summed E-state index contributed by atoms with van der Waals surface area (Å²) in [7, 11) is -0.761. The van der Waals surface area contributed by atoms with Crippen LogP contribution in [0.15, 0.2) is 51.8 Å². The van der Waals surface area contributed by atoms with Gasteiger partial charge in [0.15, 0.2) is 11.5 Å². The number of fused-ring (bicyclic) bond motifs is 1. The van der Waals surface area contributed by atoms with Crippen LogP contribution in [0.25, 0.3) is 11.1 Å². The van der Waals surface area contributed by atoms with Gasteiger partial charge in [-0.25, -0.2) is 17.7 Å². The second-order valence-corrected chi connectivity index (χ2v) is 10.1. The zero-order valence-corrected chi connectivity index (χ0v) is 18.3. The van der Waals surface area contributed by atoms with Gasteiger partial charge in [0.05, 0.1) is 15.5 Å². The summed E-state index contributed by atoms with van der Waals surface area (Å²) in [6.45, 7) is 1.03. The predicted octanol–water partition coefficient (Wildman–Crippen LogP) is 3.75. The minimum Gasteiger partial charge on any atom is -0.440 e. The lowest BCUT2D eigenvalue weighted by molar-refractivity contribution is 0.0706. The Bertz CT molecular complexity index is 1160. The highest BCUT2D eigenvalue weighted by Crippen LogP contribution is 2.31. The van der Waals surface area contributed by atoms with Gasteiger partial charge in [-0.3, -0.25) is 4.79 Å². The Morgan fingerprint density at radius 2 is 1.87 bits per heavy atom. The van der Waals surface area contributed by atoms with Crippen LogP contribution in [-0.4, -0.2) is 55.7 Å². The van der Waals surface area contributed by atoms with E-state index < -0.39 is 10.0 Å². The molecule has 1 fully saturated rings. The number of oxazole rings is 1. The van der Waals surface area contributed by atoms with Gasteiger partial charge in [-0.15, -0.1) is 0 Å². The zero-order chi connectivity index (χ0) is 21.5. The van der Waals surface area contributed by atoms with Gasteiger partial charge in [-0.2, -0.15) is 0 Å². The van der Waals surface area contributed by atoms with E-state index in [2.05, 4.69) is 4.98 Å². The summed E-state index contributed by atoms with van der Waals surface area (Å²) in [6, 6.07) is 11.9. The molecule has 0 N–H and O–H groups in total. The van der Waals surface area contributed by atoms with E-state index in [-0.39, 0.29) is 27.3 Å². The first-order valence-corrected chi connectivity index (χ1v) is 11.5. The first kappa shape index (κ1) is 20.8. The summed E-state index contributed by atoms with van der Waals surface area (Å²) >= 11 is 6.23. The molecule has 2 heterocycles. The average Bonchev–Trinajstić information content (AvgIpc) is 3.18. The van der Waals surface area contributed by atoms with E-state index in [4.69, 9.17) is 16.0 Å². The summed E-state index contributed by atoms with van der Waals surface area (Å²) in [5, 5.41) is 0.235. The van der Waals surface area contributed by atoms with E-state index >= 15 is 0 Å². The lowest BCUT2D eigenvalue weighted by Crippen LogP contribution is -2.38. The second-order valence-electron chi connectivity index (χ2n) is 7.52. The molecule has 9 heteroatoms. The molecule has 2 aromatic carbocycles. The number of hydrogen-bond donors (Lipinski definition) is 0. The molecule has 0 spiro atoms. The first-order valence-electron chi connectivity index (χ1n) is 9.64. The molecule has 1 saturated heterocycles. The zero-order valence-electron chi connectivity index (χ0n) is 16.7. The second kappa shape index (κ2) is 8.02. The molecule has 7 nitrogen and oxygen atoms in total. The standard InChI is InChI=1S/C21H22ClN3O4S/c1-24(2)30(27,28)15-7-8-17(22)16(13-15)21(26)25-11-9-14(10-12-25)20-23-18-5-3-4-6-19(18)29-20/h3-8,13-14H,9-12H2,1-2H3. The van der Waals surface area contributed by atoms with Crippen LogP contribution in [0.1, 0.15) is 35.0 Å². The van der Waals surface area contributed by atoms with Gasteiger partial charge >= 0.3 is 0 Å². The molecular weight excluding hydrogens is 426 g/mol. The molecule has 1 aliphatic rings. The van der Waals surface area contributed by atoms with Crippen LogP contribution in [-0.2, 0) is 10.0 Å². The molecule has 1 aromatic heterocycles. The third-order valence-electron chi connectivity index (χ3n) is 5.39. The molecule has 3 aromatic rings. The Morgan fingerprint density at radius 1 is 1.17 bits per heavy atom. The molecular formula is C21H22ClN3O4S. The molecule has 0 radical (unpaired) electrons. The van der Waals surface area contributed by atoms with Gasteiger partial charge < -0.3 is 9.32 Å². The van der Waals surface area contributed by atoms with Gasteiger partial charge in [0.1, 0.15) is 5.52 Å². The molecule has 4 rings (SSSR count). The van der Waals surface area contributed by atoms with Crippen molar-refractivity contribution in [2.45, 2.75) is 23.7 Å². The van der Waals surface area contributed by atoms with Crippen LogP contribution < -0.4 is 0 Å². The summed E-state index contributed by atoms with van der Waals surface area (Å²) in [4.78, 5) is 19.4. The molecule has 0 bridgehead atoms. The Balaban J connectivity index is 1.50. The van der Waals surface area contributed by atoms with Gasteiger partial charge in [0, 0.05) is 33.1 Å². The highest BCUT2D eigenvalue weighted by atomic mass is 35.5. The maximum atomic E-state index is 13.0. The largest absolute Gasteiger partial charge is 0.440 e. The van der Waals surface area contributed by atoms with E-state index in [1.807, 2.05) is 24.3 Å². The van der Waals surface area contributed by atoms with Crippen LogP contribution in [0.5, 0.6) is 0 Å². The van der Waals surface area contributed by atoms with Gasteiger partial charge in [0.2, 0.25) is 10.0 Å². The summed E-state index contributed by atoms with van der Waals surface area (Å²) in [5.41, 5.74) is 1.79. The van der Waals surface area contributed by atoms with Crippen molar-refractivity contribution in [1.82, 2.24) is 14.2 Å².